The van der Waals surface area contributed by atoms with Gasteiger partial charge in [-0.05, 0) is 48.5 Å². The zero-order valence-corrected chi connectivity index (χ0v) is 23.8. The van der Waals surface area contributed by atoms with Crippen LogP contribution in [0.3, 0.4) is 0 Å². The van der Waals surface area contributed by atoms with Gasteiger partial charge in [0, 0.05) is 48.5 Å². The predicted octanol–water partition coefficient (Wildman–Crippen LogP) is 6.68. The lowest BCUT2D eigenvalue weighted by Gasteiger charge is -2.08. The van der Waals surface area contributed by atoms with E-state index in [0.29, 0.717) is 23.0 Å². The van der Waals surface area contributed by atoms with Gasteiger partial charge in [0.2, 0.25) is 13.6 Å². The van der Waals surface area contributed by atoms with Crippen LogP contribution in [0.4, 0.5) is 22.7 Å². The topological polar surface area (TPSA) is 209 Å². The molecule has 18 heteroatoms. The van der Waals surface area contributed by atoms with Crippen molar-refractivity contribution in [1.29, 1.82) is 0 Å². The maximum Gasteiger partial charge on any atom is 0.269 e. The van der Waals surface area contributed by atoms with Gasteiger partial charge in [-0.2, -0.15) is 0 Å². The van der Waals surface area contributed by atoms with Crippen molar-refractivity contribution in [1.82, 2.24) is 0 Å². The van der Waals surface area contributed by atoms with Crippen molar-refractivity contribution in [3.8, 4) is 23.0 Å². The lowest BCUT2D eigenvalue weighted by Crippen LogP contribution is -2.05. The molecule has 0 amide bonds. The Balaban J connectivity index is 0.000000421. The molecular formula is C26H22Cl2N4O12. The van der Waals surface area contributed by atoms with Crippen molar-refractivity contribution in [2.45, 2.75) is 0 Å². The fourth-order valence-electron chi connectivity index (χ4n) is 2.99. The largest absolute Gasteiger partial charge is 0.457 e. The van der Waals surface area contributed by atoms with Gasteiger partial charge in [-0.1, -0.05) is 0 Å². The second kappa shape index (κ2) is 17.9. The molecule has 0 aromatic heterocycles. The van der Waals surface area contributed by atoms with Crippen LogP contribution in [0.2, 0.25) is 0 Å². The molecule has 44 heavy (non-hydrogen) atoms. The van der Waals surface area contributed by atoms with Crippen molar-refractivity contribution >= 4 is 47.6 Å². The first-order chi connectivity index (χ1) is 20.1. The van der Waals surface area contributed by atoms with E-state index in [1.807, 2.05) is 0 Å². The monoisotopic (exact) mass is 652 g/mol. The molecule has 232 valence electrons. The molecule has 0 fully saturated rings. The summed E-state index contributed by atoms with van der Waals surface area (Å²) < 4.78 is 21.0. The number of ether oxygens (including phenoxy) is 4. The van der Waals surface area contributed by atoms with Crippen LogP contribution in [0.1, 0.15) is 0 Å². The van der Waals surface area contributed by atoms with Crippen molar-refractivity contribution in [2.75, 3.05) is 13.6 Å². The van der Waals surface area contributed by atoms with E-state index >= 15 is 0 Å². The van der Waals surface area contributed by atoms with Crippen LogP contribution in [0, 0.1) is 40.5 Å². The Morgan fingerprint density at radius 1 is 0.364 bits per heavy atom. The predicted molar refractivity (Wildman–Crippen MR) is 159 cm³/mol. The van der Waals surface area contributed by atoms with E-state index in [0.717, 1.165) is 0 Å². The normalized spacial score (nSPS) is 9.45. The van der Waals surface area contributed by atoms with Crippen LogP contribution in [-0.4, -0.2) is 33.3 Å². The highest BCUT2D eigenvalue weighted by Crippen LogP contribution is 2.21. The highest BCUT2D eigenvalue weighted by atomic mass is 35.5. The molecule has 0 aliphatic carbocycles. The van der Waals surface area contributed by atoms with E-state index in [9.17, 15) is 40.5 Å². The van der Waals surface area contributed by atoms with Crippen molar-refractivity contribution < 1.29 is 38.6 Å². The summed E-state index contributed by atoms with van der Waals surface area (Å²) in [5.74, 6) is 1.68. The number of nitrogens with zero attached hydrogens (tertiary/aromatic N) is 4. The number of hydrogen-bond acceptors (Lipinski definition) is 12. The van der Waals surface area contributed by atoms with Crippen molar-refractivity contribution in [3.63, 3.8) is 0 Å². The third-order valence-corrected chi connectivity index (χ3v) is 5.09. The van der Waals surface area contributed by atoms with Crippen LogP contribution in [-0.2, 0) is 0 Å². The van der Waals surface area contributed by atoms with Crippen LogP contribution >= 0.6 is 24.8 Å². The zero-order chi connectivity index (χ0) is 30.5. The third kappa shape index (κ3) is 11.6. The summed E-state index contributed by atoms with van der Waals surface area (Å²) in [4.78, 5) is 39.9. The summed E-state index contributed by atoms with van der Waals surface area (Å²) in [5, 5.41) is 41.9. The molecule has 16 nitrogen and oxygen atoms in total. The number of nitro benzene ring substituents is 4. The molecule has 0 radical (unpaired) electrons. The van der Waals surface area contributed by atoms with E-state index in [2.05, 4.69) is 0 Å². The first kappa shape index (κ1) is 36.3. The molecule has 0 N–H and O–H groups in total. The standard InChI is InChI=1S/2C13H10N2O6.2ClH/c2*16-14(17)10-1-5-12(6-2-10)20-9-21-13-7-3-11(4-8-13)15(18)19;;/h2*1-8H,9H2;2*1H. The molecule has 0 saturated carbocycles. The highest BCUT2D eigenvalue weighted by molar-refractivity contribution is 5.85. The van der Waals surface area contributed by atoms with Crippen LogP contribution in [0.25, 0.3) is 0 Å². The van der Waals surface area contributed by atoms with E-state index in [4.69, 9.17) is 18.9 Å². The van der Waals surface area contributed by atoms with E-state index in [1.54, 1.807) is 0 Å². The lowest BCUT2D eigenvalue weighted by molar-refractivity contribution is -0.385. The minimum absolute atomic E-state index is 0. The average molecular weight is 653 g/mol. The summed E-state index contributed by atoms with van der Waals surface area (Å²) in [6, 6.07) is 22.2. The van der Waals surface area contributed by atoms with Gasteiger partial charge in [-0.3, -0.25) is 40.5 Å². The second-order valence-electron chi connectivity index (χ2n) is 7.82. The number of benzene rings is 4. The number of non-ortho nitro benzene ring substituents is 4. The number of nitro groups is 4. The highest BCUT2D eigenvalue weighted by Gasteiger charge is 2.07. The van der Waals surface area contributed by atoms with Crippen LogP contribution < -0.4 is 18.9 Å². The molecule has 0 atom stereocenters. The first-order valence-electron chi connectivity index (χ1n) is 11.6. The Bertz CT molecular complexity index is 1290. The lowest BCUT2D eigenvalue weighted by atomic mass is 10.3. The molecular weight excluding hydrogens is 631 g/mol. The van der Waals surface area contributed by atoms with Gasteiger partial charge in [0.05, 0.1) is 19.7 Å². The molecule has 0 spiro atoms. The quantitative estimate of drug-likeness (QED) is 0.0890. The second-order valence-corrected chi connectivity index (χ2v) is 7.82. The minimum Gasteiger partial charge on any atom is -0.457 e. The summed E-state index contributed by atoms with van der Waals surface area (Å²) in [6.07, 6.45) is 0. The van der Waals surface area contributed by atoms with Gasteiger partial charge >= 0.3 is 0 Å². The molecule has 0 heterocycles. The van der Waals surface area contributed by atoms with Gasteiger partial charge < -0.3 is 18.9 Å². The fourth-order valence-corrected chi connectivity index (χ4v) is 2.99. The first-order valence-corrected chi connectivity index (χ1v) is 11.6. The van der Waals surface area contributed by atoms with Gasteiger partial charge in [-0.25, -0.2) is 0 Å². The van der Waals surface area contributed by atoms with E-state index < -0.39 is 19.7 Å². The van der Waals surface area contributed by atoms with E-state index in [-0.39, 0.29) is 61.1 Å². The number of hydrogen-bond donors (Lipinski definition) is 0. The van der Waals surface area contributed by atoms with Crippen LogP contribution in [0.15, 0.2) is 97.1 Å². The fraction of sp³-hybridized carbons (Fsp3) is 0.0769. The molecule has 4 rings (SSSR count). The minimum atomic E-state index is -0.503. The SMILES string of the molecule is Cl.Cl.O=[N+]([O-])c1ccc(OCOc2ccc([N+](=O)[O-])cc2)cc1.O=[N+]([O-])c1ccc(OCOc2ccc([N+](=O)[O-])cc2)cc1. The summed E-state index contributed by atoms with van der Waals surface area (Å²) in [6.45, 7) is -0.231. The maximum absolute atomic E-state index is 10.5. The Hall–Kier alpha value is -5.74. The van der Waals surface area contributed by atoms with Crippen molar-refractivity contribution in [2.24, 2.45) is 0 Å². The number of rotatable bonds is 12. The van der Waals surface area contributed by atoms with Gasteiger partial charge in [0.25, 0.3) is 22.7 Å². The third-order valence-electron chi connectivity index (χ3n) is 5.09. The van der Waals surface area contributed by atoms with E-state index in [1.165, 1.54) is 97.1 Å². The maximum atomic E-state index is 10.5. The Morgan fingerprint density at radius 2 is 0.523 bits per heavy atom. The van der Waals surface area contributed by atoms with Gasteiger partial charge in [0.15, 0.2) is 0 Å². The Kier molecular flexibility index (Phi) is 14.8. The molecule has 0 aliphatic rings. The molecule has 0 unspecified atom stereocenters. The van der Waals surface area contributed by atoms with Gasteiger partial charge in [-0.15, -0.1) is 24.8 Å². The molecule has 0 aliphatic heterocycles. The molecule has 0 saturated heterocycles. The zero-order valence-electron chi connectivity index (χ0n) is 22.2. The summed E-state index contributed by atoms with van der Waals surface area (Å²) in [7, 11) is 0. The average Bonchev–Trinajstić information content (AvgIpc) is 2.98. The summed E-state index contributed by atoms with van der Waals surface area (Å²) in [5.41, 5.74) is -0.116. The smallest absolute Gasteiger partial charge is 0.269 e. The van der Waals surface area contributed by atoms with Crippen LogP contribution in [0.5, 0.6) is 23.0 Å². The Morgan fingerprint density at radius 3 is 0.659 bits per heavy atom. The molecule has 4 aromatic carbocycles. The van der Waals surface area contributed by atoms with Crippen molar-refractivity contribution in [3.05, 3.63) is 138 Å². The molecule has 4 aromatic rings. The van der Waals surface area contributed by atoms with Gasteiger partial charge in [0.1, 0.15) is 23.0 Å². The number of halogens is 2. The Labute approximate surface area is 260 Å². The molecule has 0 bridgehead atoms. The summed E-state index contributed by atoms with van der Waals surface area (Å²) >= 11 is 0.